The zero-order chi connectivity index (χ0) is 28.6. The fraction of sp³-hybridized carbons (Fsp3) is 0.949. The highest BCUT2D eigenvalue weighted by atomic mass is 14.9. The molecule has 1 nitrogen and oxygen atoms in total. The molecule has 0 amide bonds. The Bertz CT molecular complexity index is 654. The van der Waals surface area contributed by atoms with E-state index in [4.69, 9.17) is 0 Å². The van der Waals surface area contributed by atoms with Crippen molar-refractivity contribution in [3.8, 4) is 0 Å². The topological polar surface area (TPSA) is 12.0 Å². The molecule has 1 saturated heterocycles. The first kappa shape index (κ1) is 34.2. The van der Waals surface area contributed by atoms with Crippen LogP contribution in [0.25, 0.3) is 0 Å². The summed E-state index contributed by atoms with van der Waals surface area (Å²) in [4.78, 5) is 0. The first-order valence-corrected chi connectivity index (χ1v) is 18.8. The van der Waals surface area contributed by atoms with Gasteiger partial charge in [0.2, 0.25) is 0 Å². The van der Waals surface area contributed by atoms with Crippen molar-refractivity contribution in [2.24, 2.45) is 35.0 Å². The largest absolute Gasteiger partial charge is 0.311 e. The van der Waals surface area contributed by atoms with Crippen molar-refractivity contribution in [1.82, 2.24) is 5.32 Å². The molecule has 0 aromatic heterocycles. The lowest BCUT2D eigenvalue weighted by Gasteiger charge is -2.44. The fourth-order valence-corrected chi connectivity index (χ4v) is 8.52. The molecular formula is C39H73N. The van der Waals surface area contributed by atoms with Gasteiger partial charge in [-0.15, -0.1) is 0 Å². The minimum atomic E-state index is 0.576. The molecular weight excluding hydrogens is 482 g/mol. The summed E-state index contributed by atoms with van der Waals surface area (Å²) in [5, 5.41) is 4.12. The number of hydrogen-bond donors (Lipinski definition) is 1. The molecule has 40 heavy (non-hydrogen) atoms. The first-order chi connectivity index (χ1) is 19.4. The maximum absolute atomic E-state index is 4.12. The summed E-state index contributed by atoms with van der Waals surface area (Å²) in [6.45, 7) is 12.7. The Kier molecular flexibility index (Phi) is 16.3. The second-order valence-corrected chi connectivity index (χ2v) is 15.7. The van der Waals surface area contributed by atoms with E-state index in [2.05, 4.69) is 52.1 Å². The molecule has 2 aliphatic carbocycles. The van der Waals surface area contributed by atoms with Crippen LogP contribution >= 0.6 is 0 Å². The third-order valence-corrected chi connectivity index (χ3v) is 12.6. The number of unbranched alkanes of at least 4 members (excludes halogenated alkanes) is 5. The van der Waals surface area contributed by atoms with Crippen LogP contribution in [0, 0.1) is 35.0 Å². The number of nitrogens with one attached hydrogen (secondary N) is 1. The van der Waals surface area contributed by atoms with Gasteiger partial charge < -0.3 is 5.32 Å². The van der Waals surface area contributed by atoms with Gasteiger partial charge in [0.1, 0.15) is 0 Å². The summed E-state index contributed by atoms with van der Waals surface area (Å²) < 4.78 is 0. The molecule has 1 heterocycles. The zero-order valence-corrected chi connectivity index (χ0v) is 28.2. The van der Waals surface area contributed by atoms with Gasteiger partial charge in [0, 0.05) is 12.1 Å². The number of hydrogen-bond acceptors (Lipinski definition) is 1. The van der Waals surface area contributed by atoms with E-state index < -0.39 is 0 Å². The third-order valence-electron chi connectivity index (χ3n) is 12.6. The number of rotatable bonds is 15. The predicted octanol–water partition coefficient (Wildman–Crippen LogP) is 12.4. The van der Waals surface area contributed by atoms with Crippen molar-refractivity contribution in [2.75, 3.05) is 0 Å². The molecule has 4 unspecified atom stereocenters. The molecule has 1 heteroatoms. The van der Waals surface area contributed by atoms with Crippen LogP contribution in [-0.2, 0) is 0 Å². The van der Waals surface area contributed by atoms with E-state index in [9.17, 15) is 0 Å². The van der Waals surface area contributed by atoms with Gasteiger partial charge in [-0.1, -0.05) is 123 Å². The van der Waals surface area contributed by atoms with E-state index in [0.29, 0.717) is 11.5 Å². The highest BCUT2D eigenvalue weighted by Crippen LogP contribution is 2.47. The molecule has 2 saturated carbocycles. The SMILES string of the molecule is CC(CCCCCC/C=C\CCCC(C)C1(C)CCC(C2CCCCCCCC[C@H](C)N2)CC1)C(C)C1CCC1. The van der Waals surface area contributed by atoms with Gasteiger partial charge in [-0.2, -0.15) is 0 Å². The molecule has 1 N–H and O–H groups in total. The second-order valence-electron chi connectivity index (χ2n) is 15.7. The Hall–Kier alpha value is -0.300. The molecule has 0 bridgehead atoms. The van der Waals surface area contributed by atoms with Crippen LogP contribution < -0.4 is 5.32 Å². The Balaban J connectivity index is 1.22. The molecule has 0 spiro atoms. The van der Waals surface area contributed by atoms with Crippen molar-refractivity contribution in [3.63, 3.8) is 0 Å². The Morgan fingerprint density at radius 1 is 0.675 bits per heavy atom. The quantitative estimate of drug-likeness (QED) is 0.156. The lowest BCUT2D eigenvalue weighted by Crippen LogP contribution is -2.44. The van der Waals surface area contributed by atoms with Gasteiger partial charge in [0.15, 0.2) is 0 Å². The summed E-state index contributed by atoms with van der Waals surface area (Å²) >= 11 is 0. The highest BCUT2D eigenvalue weighted by Gasteiger charge is 2.37. The van der Waals surface area contributed by atoms with Crippen molar-refractivity contribution < 1.29 is 0 Å². The van der Waals surface area contributed by atoms with Crippen molar-refractivity contribution in [3.05, 3.63) is 12.2 Å². The van der Waals surface area contributed by atoms with Crippen LogP contribution in [0.3, 0.4) is 0 Å². The van der Waals surface area contributed by atoms with E-state index in [1.807, 2.05) is 0 Å². The minimum absolute atomic E-state index is 0.576. The van der Waals surface area contributed by atoms with Gasteiger partial charge in [-0.25, -0.2) is 0 Å². The van der Waals surface area contributed by atoms with E-state index in [0.717, 1.165) is 35.6 Å². The summed E-state index contributed by atoms with van der Waals surface area (Å²) in [7, 11) is 0. The Labute approximate surface area is 252 Å². The summed E-state index contributed by atoms with van der Waals surface area (Å²) in [5.74, 6) is 4.76. The summed E-state index contributed by atoms with van der Waals surface area (Å²) in [6, 6.07) is 1.49. The van der Waals surface area contributed by atoms with Crippen LogP contribution in [0.4, 0.5) is 0 Å². The van der Waals surface area contributed by atoms with Gasteiger partial charge in [0.25, 0.3) is 0 Å². The average Bonchev–Trinajstić information content (AvgIpc) is 2.96. The van der Waals surface area contributed by atoms with Gasteiger partial charge in [-0.3, -0.25) is 0 Å². The smallest absolute Gasteiger partial charge is 0.00978 e. The van der Waals surface area contributed by atoms with Crippen LogP contribution in [0.2, 0.25) is 0 Å². The molecule has 3 aliphatic rings. The third kappa shape index (κ3) is 12.1. The molecule has 234 valence electrons. The van der Waals surface area contributed by atoms with Crippen LogP contribution in [0.15, 0.2) is 12.2 Å². The lowest BCUT2D eigenvalue weighted by atomic mass is 9.63. The molecule has 0 radical (unpaired) electrons. The standard InChI is InChI=1S/C39H73N/c1-32(35(4)36-25-21-26-36)22-17-13-9-7-6-8-10-14-18-23-33(2)39(5)30-28-37(29-31-39)38-27-20-16-12-11-15-19-24-34(3)40-38/h8,10,32-38,40H,6-7,9,11-31H2,1-5H3/b10-8-/t32?,33?,34-,35?,37?,38?,39?/m0/s1. The summed E-state index contributed by atoms with van der Waals surface area (Å²) in [5.41, 5.74) is 0.576. The molecule has 0 aromatic carbocycles. The minimum Gasteiger partial charge on any atom is -0.311 e. The maximum Gasteiger partial charge on any atom is 0.00978 e. The first-order valence-electron chi connectivity index (χ1n) is 18.8. The van der Waals surface area contributed by atoms with Crippen molar-refractivity contribution in [2.45, 2.75) is 201 Å². The van der Waals surface area contributed by atoms with E-state index >= 15 is 0 Å². The molecule has 5 atom stereocenters. The molecule has 3 fully saturated rings. The lowest BCUT2D eigenvalue weighted by molar-refractivity contribution is 0.0788. The second kappa shape index (κ2) is 19.1. The average molecular weight is 556 g/mol. The van der Waals surface area contributed by atoms with Gasteiger partial charge in [-0.05, 0) is 113 Å². The molecule has 3 rings (SSSR count). The monoisotopic (exact) mass is 556 g/mol. The van der Waals surface area contributed by atoms with Crippen molar-refractivity contribution in [1.29, 1.82) is 0 Å². The normalized spacial score (nSPS) is 31.8. The molecule has 1 aliphatic heterocycles. The molecule has 0 aromatic rings. The Morgan fingerprint density at radius 2 is 1.30 bits per heavy atom. The van der Waals surface area contributed by atoms with Crippen LogP contribution in [0.5, 0.6) is 0 Å². The zero-order valence-electron chi connectivity index (χ0n) is 28.2. The Morgan fingerprint density at radius 3 is 1.98 bits per heavy atom. The van der Waals surface area contributed by atoms with Crippen molar-refractivity contribution >= 4 is 0 Å². The highest BCUT2D eigenvalue weighted by molar-refractivity contribution is 4.91. The van der Waals surface area contributed by atoms with Gasteiger partial charge in [0.05, 0.1) is 0 Å². The number of allylic oxidation sites excluding steroid dienone is 2. The van der Waals surface area contributed by atoms with Crippen LogP contribution in [0.1, 0.15) is 189 Å². The van der Waals surface area contributed by atoms with Crippen LogP contribution in [-0.4, -0.2) is 12.1 Å². The maximum atomic E-state index is 4.12. The predicted molar refractivity (Wildman–Crippen MR) is 179 cm³/mol. The van der Waals surface area contributed by atoms with E-state index in [1.54, 1.807) is 0 Å². The summed E-state index contributed by atoms with van der Waals surface area (Å²) in [6.07, 6.45) is 39.4. The fourth-order valence-electron chi connectivity index (χ4n) is 8.52. The van der Waals surface area contributed by atoms with E-state index in [-0.39, 0.29) is 0 Å². The van der Waals surface area contributed by atoms with E-state index in [1.165, 1.54) is 154 Å². The van der Waals surface area contributed by atoms with Gasteiger partial charge >= 0.3 is 0 Å².